The van der Waals surface area contributed by atoms with E-state index in [1.165, 1.54) is 49.9 Å². The number of thioether (sulfide) groups is 1. The van der Waals surface area contributed by atoms with Crippen molar-refractivity contribution >= 4 is 28.9 Å². The molecule has 1 aromatic heterocycles. The van der Waals surface area contributed by atoms with Crippen molar-refractivity contribution in [1.29, 1.82) is 0 Å². The molecule has 0 aliphatic heterocycles. The molecule has 0 atom stereocenters. The van der Waals surface area contributed by atoms with Crippen LogP contribution in [0.3, 0.4) is 0 Å². The Morgan fingerprint density at radius 3 is 2.42 bits per heavy atom. The zero-order valence-corrected chi connectivity index (χ0v) is 12.5. The molecule has 0 N–H and O–H groups in total. The molecule has 5 rings (SSSR count). The Bertz CT molecular complexity index is 450. The minimum atomic E-state index is 0.0481. The topological polar surface area (TPSA) is 42.9 Å². The second-order valence-corrected chi connectivity index (χ2v) is 8.67. The molecule has 1 heterocycles. The SMILES string of the molecule is O=C(CSc1nncs1)C12CC3CC(CC(C3)C1)C2. The van der Waals surface area contributed by atoms with Crippen molar-refractivity contribution in [2.45, 2.75) is 42.9 Å². The average molecular weight is 294 g/mol. The highest BCUT2D eigenvalue weighted by Crippen LogP contribution is 2.60. The number of carbonyl (C=O) groups is 1. The molecule has 0 unspecified atom stereocenters. The maximum absolute atomic E-state index is 12.7. The van der Waals surface area contributed by atoms with Crippen molar-refractivity contribution in [2.24, 2.45) is 23.2 Å². The van der Waals surface area contributed by atoms with Gasteiger partial charge < -0.3 is 0 Å². The lowest BCUT2D eigenvalue weighted by molar-refractivity contribution is -0.141. The molecule has 1 aromatic rings. The van der Waals surface area contributed by atoms with E-state index in [-0.39, 0.29) is 5.41 Å². The lowest BCUT2D eigenvalue weighted by Crippen LogP contribution is -2.50. The van der Waals surface area contributed by atoms with Crippen LogP contribution in [0.1, 0.15) is 38.5 Å². The fourth-order valence-electron chi connectivity index (χ4n) is 4.96. The molecule has 3 nitrogen and oxygen atoms in total. The van der Waals surface area contributed by atoms with Gasteiger partial charge in [-0.25, -0.2) is 0 Å². The second kappa shape index (κ2) is 4.55. The van der Waals surface area contributed by atoms with Crippen LogP contribution < -0.4 is 0 Å². The predicted octanol–water partition coefficient (Wildman–Crippen LogP) is 3.42. The van der Waals surface area contributed by atoms with E-state index in [1.807, 2.05) is 0 Å². The van der Waals surface area contributed by atoms with E-state index in [1.54, 1.807) is 17.3 Å². The molecule has 0 spiro atoms. The number of carbonyl (C=O) groups excluding carboxylic acids is 1. The van der Waals surface area contributed by atoms with Crippen LogP contribution in [0, 0.1) is 23.2 Å². The van der Waals surface area contributed by atoms with Gasteiger partial charge in [-0.1, -0.05) is 23.1 Å². The normalized spacial score (nSPS) is 39.7. The molecule has 0 amide bonds. The predicted molar refractivity (Wildman–Crippen MR) is 76.2 cm³/mol. The van der Waals surface area contributed by atoms with Crippen LogP contribution >= 0.6 is 23.1 Å². The number of hydrogen-bond donors (Lipinski definition) is 0. The Hall–Kier alpha value is -0.420. The fraction of sp³-hybridized carbons (Fsp3) is 0.786. The van der Waals surface area contributed by atoms with E-state index in [0.717, 1.165) is 22.1 Å². The molecule has 4 aliphatic rings. The summed E-state index contributed by atoms with van der Waals surface area (Å²) in [7, 11) is 0. The van der Waals surface area contributed by atoms with Gasteiger partial charge >= 0.3 is 0 Å². The maximum Gasteiger partial charge on any atom is 0.174 e. The number of Topliss-reactive ketones (excluding diaryl/α,β-unsaturated/α-hetero) is 1. The van der Waals surface area contributed by atoms with Gasteiger partial charge in [-0.2, -0.15) is 0 Å². The minimum absolute atomic E-state index is 0.0481. The van der Waals surface area contributed by atoms with Gasteiger partial charge in [-0.05, 0) is 56.3 Å². The molecule has 4 bridgehead atoms. The summed E-state index contributed by atoms with van der Waals surface area (Å²) >= 11 is 3.11. The van der Waals surface area contributed by atoms with Crippen molar-refractivity contribution in [3.63, 3.8) is 0 Å². The summed E-state index contributed by atoms with van der Waals surface area (Å²) in [6.45, 7) is 0. The van der Waals surface area contributed by atoms with Gasteiger partial charge in [0.25, 0.3) is 0 Å². The first kappa shape index (κ1) is 12.3. The standard InChI is InChI=1S/C14H18N2OS2/c17-12(7-18-13-16-15-8-19-13)14-4-9-1-10(5-14)3-11(2-9)6-14/h8-11H,1-7H2. The summed E-state index contributed by atoms with van der Waals surface area (Å²) in [5.41, 5.74) is 1.78. The molecule has 0 radical (unpaired) electrons. The first-order valence-electron chi connectivity index (χ1n) is 7.16. The number of aromatic nitrogens is 2. The summed E-state index contributed by atoms with van der Waals surface area (Å²) < 4.78 is 0.929. The monoisotopic (exact) mass is 294 g/mol. The van der Waals surface area contributed by atoms with Gasteiger partial charge in [-0.3, -0.25) is 4.79 Å². The summed E-state index contributed by atoms with van der Waals surface area (Å²) in [6.07, 6.45) is 7.72. The molecule has 0 aromatic carbocycles. The third-order valence-corrected chi connectivity index (χ3v) is 7.16. The Morgan fingerprint density at radius 1 is 1.26 bits per heavy atom. The zero-order valence-electron chi connectivity index (χ0n) is 10.9. The van der Waals surface area contributed by atoms with Crippen LogP contribution in [0.4, 0.5) is 0 Å². The van der Waals surface area contributed by atoms with Crippen LogP contribution in [0.5, 0.6) is 0 Å². The molecule has 19 heavy (non-hydrogen) atoms. The summed E-state index contributed by atoms with van der Waals surface area (Å²) in [5.74, 6) is 3.64. The summed E-state index contributed by atoms with van der Waals surface area (Å²) in [4.78, 5) is 12.7. The first-order chi connectivity index (χ1) is 9.23. The van der Waals surface area contributed by atoms with Crippen LogP contribution in [0.15, 0.2) is 9.85 Å². The molecular formula is C14H18N2OS2. The highest BCUT2D eigenvalue weighted by atomic mass is 32.2. The van der Waals surface area contributed by atoms with E-state index in [0.29, 0.717) is 11.5 Å². The third kappa shape index (κ3) is 2.15. The molecule has 4 saturated carbocycles. The average Bonchev–Trinajstić information content (AvgIpc) is 2.87. The van der Waals surface area contributed by atoms with E-state index >= 15 is 0 Å². The van der Waals surface area contributed by atoms with E-state index in [9.17, 15) is 4.79 Å². The summed E-state index contributed by atoms with van der Waals surface area (Å²) in [5, 5.41) is 7.84. The Morgan fingerprint density at radius 2 is 1.89 bits per heavy atom. The van der Waals surface area contributed by atoms with Crippen molar-refractivity contribution in [2.75, 3.05) is 5.75 Å². The van der Waals surface area contributed by atoms with Crippen molar-refractivity contribution < 1.29 is 4.79 Å². The maximum atomic E-state index is 12.7. The lowest BCUT2D eigenvalue weighted by Gasteiger charge is -2.56. The smallest absolute Gasteiger partial charge is 0.174 e. The number of ketones is 1. The van der Waals surface area contributed by atoms with E-state index in [2.05, 4.69) is 10.2 Å². The number of hydrogen-bond acceptors (Lipinski definition) is 5. The van der Waals surface area contributed by atoms with Gasteiger partial charge in [0, 0.05) is 5.41 Å². The Kier molecular flexibility index (Phi) is 2.95. The Labute approximate surface area is 121 Å². The van der Waals surface area contributed by atoms with Crippen LogP contribution in [-0.4, -0.2) is 21.7 Å². The third-order valence-electron chi connectivity index (χ3n) is 5.30. The first-order valence-corrected chi connectivity index (χ1v) is 9.02. The summed E-state index contributed by atoms with van der Waals surface area (Å²) in [6, 6.07) is 0. The van der Waals surface area contributed by atoms with Crippen LogP contribution in [0.25, 0.3) is 0 Å². The molecule has 4 fully saturated rings. The van der Waals surface area contributed by atoms with Gasteiger partial charge in [0.05, 0.1) is 5.75 Å². The zero-order chi connectivity index (χ0) is 12.9. The Balaban J connectivity index is 1.47. The highest BCUT2D eigenvalue weighted by molar-refractivity contribution is 8.01. The number of nitrogens with zero attached hydrogens (tertiary/aromatic N) is 2. The quantitative estimate of drug-likeness (QED) is 0.798. The second-order valence-electron chi connectivity index (χ2n) is 6.61. The van der Waals surface area contributed by atoms with E-state index < -0.39 is 0 Å². The molecule has 4 aliphatic carbocycles. The fourth-order valence-corrected chi connectivity index (χ4v) is 6.48. The van der Waals surface area contributed by atoms with Gasteiger partial charge in [0.1, 0.15) is 11.3 Å². The van der Waals surface area contributed by atoms with E-state index in [4.69, 9.17) is 0 Å². The molecular weight excluding hydrogens is 276 g/mol. The van der Waals surface area contributed by atoms with Gasteiger partial charge in [-0.15, -0.1) is 10.2 Å². The molecule has 0 saturated heterocycles. The lowest BCUT2D eigenvalue weighted by atomic mass is 9.48. The van der Waals surface area contributed by atoms with Crippen LogP contribution in [-0.2, 0) is 4.79 Å². The number of rotatable bonds is 4. The van der Waals surface area contributed by atoms with Crippen molar-refractivity contribution in [1.82, 2.24) is 10.2 Å². The largest absolute Gasteiger partial charge is 0.298 e. The van der Waals surface area contributed by atoms with Gasteiger partial charge in [0.2, 0.25) is 0 Å². The molecule has 5 heteroatoms. The van der Waals surface area contributed by atoms with Crippen LogP contribution in [0.2, 0.25) is 0 Å². The highest BCUT2D eigenvalue weighted by Gasteiger charge is 2.54. The van der Waals surface area contributed by atoms with Gasteiger partial charge in [0.15, 0.2) is 4.34 Å². The van der Waals surface area contributed by atoms with Crippen molar-refractivity contribution in [3.8, 4) is 0 Å². The van der Waals surface area contributed by atoms with Crippen molar-refractivity contribution in [3.05, 3.63) is 5.51 Å². The molecule has 102 valence electrons. The minimum Gasteiger partial charge on any atom is -0.298 e.